The number of nitrogens with zero attached hydrogens (tertiary/aromatic N) is 1. The molecule has 18 heavy (non-hydrogen) atoms. The number of likely N-dealkylation sites (N-methyl/N-ethyl adjacent to an activating group) is 1. The summed E-state index contributed by atoms with van der Waals surface area (Å²) in [5.74, 6) is 0.855. The van der Waals surface area contributed by atoms with Crippen LogP contribution in [-0.4, -0.2) is 51.3 Å². The van der Waals surface area contributed by atoms with Crippen LogP contribution in [0.15, 0.2) is 0 Å². The van der Waals surface area contributed by atoms with E-state index in [1.807, 2.05) is 0 Å². The molecule has 0 amide bonds. The molecule has 0 aromatic carbocycles. The standard InChI is InChI=1S/C15H32N2O/c1-3-4-5-6-9-16-10-11-17(2)14-15-7-12-18-13-8-15/h15-16H,3-14H2,1-2H3. The molecule has 108 valence electrons. The van der Waals surface area contributed by atoms with Crippen molar-refractivity contribution in [3.8, 4) is 0 Å². The third-order valence-electron chi connectivity index (χ3n) is 3.79. The molecule has 0 unspecified atom stereocenters. The second kappa shape index (κ2) is 10.8. The number of unbranched alkanes of at least 4 members (excludes halogenated alkanes) is 3. The maximum absolute atomic E-state index is 5.40. The van der Waals surface area contributed by atoms with Gasteiger partial charge in [0, 0.05) is 32.8 Å². The molecule has 0 aromatic heterocycles. The van der Waals surface area contributed by atoms with Gasteiger partial charge in [0.2, 0.25) is 0 Å². The van der Waals surface area contributed by atoms with Crippen molar-refractivity contribution in [1.82, 2.24) is 10.2 Å². The first kappa shape index (κ1) is 15.9. The number of hydrogen-bond acceptors (Lipinski definition) is 3. The first-order chi connectivity index (χ1) is 8.83. The molecule has 3 nitrogen and oxygen atoms in total. The van der Waals surface area contributed by atoms with Crippen molar-refractivity contribution >= 4 is 0 Å². The van der Waals surface area contributed by atoms with Crippen molar-refractivity contribution in [2.75, 3.05) is 46.4 Å². The molecular formula is C15H32N2O. The molecule has 1 heterocycles. The van der Waals surface area contributed by atoms with Crippen LogP contribution >= 0.6 is 0 Å². The second-order valence-corrected chi connectivity index (χ2v) is 5.63. The summed E-state index contributed by atoms with van der Waals surface area (Å²) >= 11 is 0. The van der Waals surface area contributed by atoms with E-state index in [2.05, 4.69) is 24.2 Å². The van der Waals surface area contributed by atoms with Crippen molar-refractivity contribution < 1.29 is 4.74 Å². The zero-order valence-corrected chi connectivity index (χ0v) is 12.4. The smallest absolute Gasteiger partial charge is 0.0469 e. The molecule has 1 N–H and O–H groups in total. The second-order valence-electron chi connectivity index (χ2n) is 5.63. The first-order valence-electron chi connectivity index (χ1n) is 7.80. The van der Waals surface area contributed by atoms with Crippen molar-refractivity contribution in [1.29, 1.82) is 0 Å². The van der Waals surface area contributed by atoms with Crippen LogP contribution in [-0.2, 0) is 4.74 Å². The highest BCUT2D eigenvalue weighted by molar-refractivity contribution is 4.67. The molecule has 3 heteroatoms. The van der Waals surface area contributed by atoms with Crippen LogP contribution in [0.2, 0.25) is 0 Å². The molecule has 0 atom stereocenters. The molecular weight excluding hydrogens is 224 g/mol. The Morgan fingerprint density at radius 2 is 1.89 bits per heavy atom. The Hall–Kier alpha value is -0.120. The number of ether oxygens (including phenoxy) is 1. The summed E-state index contributed by atoms with van der Waals surface area (Å²) in [7, 11) is 2.24. The van der Waals surface area contributed by atoms with E-state index in [9.17, 15) is 0 Å². The molecule has 1 saturated heterocycles. The zero-order chi connectivity index (χ0) is 13.1. The Labute approximate surface area is 113 Å². The van der Waals surface area contributed by atoms with Gasteiger partial charge in [-0.25, -0.2) is 0 Å². The maximum atomic E-state index is 5.40. The number of rotatable bonds is 10. The van der Waals surface area contributed by atoms with Gasteiger partial charge in [0.1, 0.15) is 0 Å². The molecule has 1 aliphatic heterocycles. The van der Waals surface area contributed by atoms with Crippen LogP contribution < -0.4 is 5.32 Å². The zero-order valence-electron chi connectivity index (χ0n) is 12.4. The Morgan fingerprint density at radius 1 is 1.11 bits per heavy atom. The van der Waals surface area contributed by atoms with E-state index in [1.165, 1.54) is 58.2 Å². The van der Waals surface area contributed by atoms with E-state index >= 15 is 0 Å². The monoisotopic (exact) mass is 256 g/mol. The third-order valence-corrected chi connectivity index (χ3v) is 3.79. The SMILES string of the molecule is CCCCCCNCCN(C)CC1CCOCC1. The Kier molecular flexibility index (Phi) is 9.54. The van der Waals surface area contributed by atoms with E-state index in [-0.39, 0.29) is 0 Å². The summed E-state index contributed by atoms with van der Waals surface area (Å²) in [4.78, 5) is 2.47. The summed E-state index contributed by atoms with van der Waals surface area (Å²) in [5, 5.41) is 3.55. The van der Waals surface area contributed by atoms with Gasteiger partial charge in [-0.1, -0.05) is 26.2 Å². The Balaban J connectivity index is 1.88. The van der Waals surface area contributed by atoms with Gasteiger partial charge >= 0.3 is 0 Å². The van der Waals surface area contributed by atoms with E-state index in [0.29, 0.717) is 0 Å². The van der Waals surface area contributed by atoms with Crippen LogP contribution in [0.5, 0.6) is 0 Å². The van der Waals surface area contributed by atoms with E-state index in [4.69, 9.17) is 4.74 Å². The minimum absolute atomic E-state index is 0.855. The quantitative estimate of drug-likeness (QED) is 0.608. The summed E-state index contributed by atoms with van der Waals surface area (Å²) in [6, 6.07) is 0. The minimum Gasteiger partial charge on any atom is -0.381 e. The van der Waals surface area contributed by atoms with Crippen molar-refractivity contribution in [2.45, 2.75) is 45.4 Å². The van der Waals surface area contributed by atoms with Gasteiger partial charge in [-0.2, -0.15) is 0 Å². The van der Waals surface area contributed by atoms with Crippen molar-refractivity contribution in [3.05, 3.63) is 0 Å². The molecule has 0 spiro atoms. The number of nitrogens with one attached hydrogen (secondary N) is 1. The summed E-state index contributed by atoms with van der Waals surface area (Å²) in [6.45, 7) is 8.92. The lowest BCUT2D eigenvalue weighted by Crippen LogP contribution is -2.34. The van der Waals surface area contributed by atoms with Gasteiger partial charge in [0.05, 0.1) is 0 Å². The minimum atomic E-state index is 0.855. The fourth-order valence-corrected chi connectivity index (χ4v) is 2.53. The molecule has 1 aliphatic rings. The van der Waals surface area contributed by atoms with Crippen LogP contribution in [0.4, 0.5) is 0 Å². The topological polar surface area (TPSA) is 24.5 Å². The van der Waals surface area contributed by atoms with Crippen LogP contribution in [0, 0.1) is 5.92 Å². The van der Waals surface area contributed by atoms with Crippen LogP contribution in [0.25, 0.3) is 0 Å². The molecule has 0 saturated carbocycles. The van der Waals surface area contributed by atoms with Gasteiger partial charge < -0.3 is 15.0 Å². The van der Waals surface area contributed by atoms with Gasteiger partial charge in [-0.15, -0.1) is 0 Å². The highest BCUT2D eigenvalue weighted by atomic mass is 16.5. The summed E-state index contributed by atoms with van der Waals surface area (Å²) < 4.78 is 5.40. The van der Waals surface area contributed by atoms with Gasteiger partial charge in [-0.05, 0) is 38.8 Å². The molecule has 1 fully saturated rings. The van der Waals surface area contributed by atoms with Gasteiger partial charge in [0.15, 0.2) is 0 Å². The Bertz CT molecular complexity index is 181. The number of hydrogen-bond donors (Lipinski definition) is 1. The molecule has 1 rings (SSSR count). The normalized spacial score (nSPS) is 17.5. The van der Waals surface area contributed by atoms with Gasteiger partial charge in [-0.3, -0.25) is 0 Å². The average Bonchev–Trinajstić information content (AvgIpc) is 2.39. The van der Waals surface area contributed by atoms with Crippen molar-refractivity contribution in [3.63, 3.8) is 0 Å². The largest absolute Gasteiger partial charge is 0.381 e. The third kappa shape index (κ3) is 8.06. The lowest BCUT2D eigenvalue weighted by Gasteiger charge is -2.27. The van der Waals surface area contributed by atoms with Crippen LogP contribution in [0.3, 0.4) is 0 Å². The first-order valence-corrected chi connectivity index (χ1v) is 7.80. The Morgan fingerprint density at radius 3 is 2.61 bits per heavy atom. The molecule has 0 aliphatic carbocycles. The van der Waals surface area contributed by atoms with Crippen LogP contribution in [0.1, 0.15) is 45.4 Å². The highest BCUT2D eigenvalue weighted by Gasteiger charge is 2.15. The van der Waals surface area contributed by atoms with Crippen molar-refractivity contribution in [2.24, 2.45) is 5.92 Å². The van der Waals surface area contributed by atoms with E-state index < -0.39 is 0 Å². The maximum Gasteiger partial charge on any atom is 0.0469 e. The molecule has 0 aromatic rings. The summed E-state index contributed by atoms with van der Waals surface area (Å²) in [6.07, 6.45) is 7.90. The fraction of sp³-hybridized carbons (Fsp3) is 1.00. The lowest BCUT2D eigenvalue weighted by atomic mass is 10.00. The van der Waals surface area contributed by atoms with Gasteiger partial charge in [0.25, 0.3) is 0 Å². The highest BCUT2D eigenvalue weighted by Crippen LogP contribution is 2.15. The van der Waals surface area contributed by atoms with E-state index in [1.54, 1.807) is 0 Å². The molecule has 0 bridgehead atoms. The fourth-order valence-electron chi connectivity index (χ4n) is 2.53. The predicted molar refractivity (Wildman–Crippen MR) is 78.1 cm³/mol. The summed E-state index contributed by atoms with van der Waals surface area (Å²) in [5.41, 5.74) is 0. The predicted octanol–water partition coefficient (Wildman–Crippen LogP) is 2.51. The average molecular weight is 256 g/mol. The lowest BCUT2D eigenvalue weighted by molar-refractivity contribution is 0.0558. The molecule has 0 radical (unpaired) electrons. The van der Waals surface area contributed by atoms with E-state index in [0.717, 1.165) is 25.7 Å².